The van der Waals surface area contributed by atoms with Crippen molar-refractivity contribution in [3.63, 3.8) is 0 Å². The van der Waals surface area contributed by atoms with Gasteiger partial charge in [0.25, 0.3) is 0 Å². The fourth-order valence-corrected chi connectivity index (χ4v) is 7.70. The molecule has 370 valence electrons. The molecule has 0 aliphatic heterocycles. The molecule has 0 aromatic heterocycles. The van der Waals surface area contributed by atoms with Gasteiger partial charge in [0, 0.05) is 19.3 Å². The van der Waals surface area contributed by atoms with E-state index in [4.69, 9.17) is 14.2 Å². The van der Waals surface area contributed by atoms with Gasteiger partial charge in [-0.15, -0.1) is 0 Å². The van der Waals surface area contributed by atoms with Crippen molar-refractivity contribution >= 4 is 17.9 Å². The lowest BCUT2D eigenvalue weighted by Gasteiger charge is -2.18. The van der Waals surface area contributed by atoms with Crippen molar-refractivity contribution in [2.45, 2.75) is 277 Å². The highest BCUT2D eigenvalue weighted by atomic mass is 16.6. The van der Waals surface area contributed by atoms with E-state index in [-0.39, 0.29) is 31.1 Å². The summed E-state index contributed by atoms with van der Waals surface area (Å²) in [6.07, 6.45) is 65.3. The van der Waals surface area contributed by atoms with Crippen molar-refractivity contribution in [1.82, 2.24) is 0 Å². The Labute approximate surface area is 396 Å². The standard InChI is InChI=1S/C58H102O6/c1-4-7-10-13-15-17-19-21-23-25-26-27-28-29-30-31-32-33-35-36-38-40-42-45-48-51-57(60)63-54-55(53-62-56(59)50-47-44-12-9-6-3)64-58(61)52-49-46-43-41-39-37-34-24-22-20-18-16-14-11-8-5-2/h7,10,15,17,21,23,26-27,29-30,55H,4-6,8-9,11-14,16,18-20,22,24-25,28,31-54H2,1-3H3/b10-7-,17-15-,23-21-,27-26-,30-29-. The fourth-order valence-electron chi connectivity index (χ4n) is 7.70. The van der Waals surface area contributed by atoms with Gasteiger partial charge in [0.1, 0.15) is 13.2 Å². The summed E-state index contributed by atoms with van der Waals surface area (Å²) >= 11 is 0. The Bertz CT molecular complexity index is 1170. The number of hydrogen-bond acceptors (Lipinski definition) is 6. The maximum atomic E-state index is 12.7. The van der Waals surface area contributed by atoms with Crippen molar-refractivity contribution in [2.24, 2.45) is 0 Å². The van der Waals surface area contributed by atoms with Gasteiger partial charge < -0.3 is 14.2 Å². The molecule has 0 saturated heterocycles. The molecule has 0 amide bonds. The fraction of sp³-hybridized carbons (Fsp3) is 0.776. The van der Waals surface area contributed by atoms with E-state index >= 15 is 0 Å². The molecule has 0 aliphatic rings. The predicted octanol–water partition coefficient (Wildman–Crippen LogP) is 18.0. The number of carbonyl (C=O) groups is 3. The normalized spacial score (nSPS) is 12.5. The third-order valence-electron chi connectivity index (χ3n) is 11.8. The molecule has 1 unspecified atom stereocenters. The van der Waals surface area contributed by atoms with E-state index < -0.39 is 6.10 Å². The molecule has 0 fully saturated rings. The lowest BCUT2D eigenvalue weighted by molar-refractivity contribution is -0.167. The number of unbranched alkanes of at least 4 members (excludes halogenated alkanes) is 28. The van der Waals surface area contributed by atoms with Gasteiger partial charge in [-0.1, -0.05) is 248 Å². The van der Waals surface area contributed by atoms with Gasteiger partial charge in [-0.25, -0.2) is 0 Å². The van der Waals surface area contributed by atoms with Gasteiger partial charge >= 0.3 is 17.9 Å². The zero-order valence-corrected chi connectivity index (χ0v) is 42.3. The lowest BCUT2D eigenvalue weighted by Crippen LogP contribution is -2.30. The van der Waals surface area contributed by atoms with E-state index in [1.165, 1.54) is 128 Å². The number of carbonyl (C=O) groups excluding carboxylic acids is 3. The molecule has 0 N–H and O–H groups in total. The van der Waals surface area contributed by atoms with Crippen LogP contribution in [0.1, 0.15) is 271 Å². The first-order valence-corrected chi connectivity index (χ1v) is 27.3. The van der Waals surface area contributed by atoms with Gasteiger partial charge in [-0.3, -0.25) is 14.4 Å². The van der Waals surface area contributed by atoms with Crippen molar-refractivity contribution in [1.29, 1.82) is 0 Å². The number of hydrogen-bond donors (Lipinski definition) is 0. The van der Waals surface area contributed by atoms with Crippen molar-refractivity contribution in [2.75, 3.05) is 13.2 Å². The summed E-state index contributed by atoms with van der Waals surface area (Å²) in [6, 6.07) is 0. The molecule has 0 aromatic carbocycles. The summed E-state index contributed by atoms with van der Waals surface area (Å²) < 4.78 is 16.7. The van der Waals surface area contributed by atoms with E-state index in [0.717, 1.165) is 103 Å². The smallest absolute Gasteiger partial charge is 0.306 e. The van der Waals surface area contributed by atoms with Gasteiger partial charge in [-0.05, 0) is 64.2 Å². The molecule has 0 heterocycles. The minimum atomic E-state index is -0.770. The summed E-state index contributed by atoms with van der Waals surface area (Å²) in [7, 11) is 0. The molecule has 0 spiro atoms. The van der Waals surface area contributed by atoms with Gasteiger partial charge in [0.05, 0.1) is 0 Å². The number of esters is 3. The molecule has 0 aromatic rings. The zero-order valence-electron chi connectivity index (χ0n) is 42.3. The molecule has 0 radical (unpaired) electrons. The van der Waals surface area contributed by atoms with Gasteiger partial charge in [-0.2, -0.15) is 0 Å². The molecule has 0 bridgehead atoms. The Hall–Kier alpha value is -2.89. The Kier molecular flexibility index (Phi) is 50.4. The quantitative estimate of drug-likeness (QED) is 0.0262. The molecule has 6 heteroatoms. The van der Waals surface area contributed by atoms with Crippen LogP contribution in [0.2, 0.25) is 0 Å². The summed E-state index contributed by atoms with van der Waals surface area (Å²) in [5, 5.41) is 0. The van der Waals surface area contributed by atoms with E-state index in [0.29, 0.717) is 19.3 Å². The monoisotopic (exact) mass is 895 g/mol. The summed E-state index contributed by atoms with van der Waals surface area (Å²) in [5.41, 5.74) is 0. The highest BCUT2D eigenvalue weighted by Crippen LogP contribution is 2.16. The number of rotatable bonds is 49. The third kappa shape index (κ3) is 50.1. The summed E-state index contributed by atoms with van der Waals surface area (Å²) in [4.78, 5) is 37.7. The van der Waals surface area contributed by atoms with E-state index in [1.807, 2.05) is 0 Å². The third-order valence-corrected chi connectivity index (χ3v) is 11.8. The van der Waals surface area contributed by atoms with Crippen LogP contribution in [-0.2, 0) is 28.6 Å². The summed E-state index contributed by atoms with van der Waals surface area (Å²) in [6.45, 7) is 6.46. The molecule has 0 aliphatic carbocycles. The first-order chi connectivity index (χ1) is 31.5. The van der Waals surface area contributed by atoms with E-state index in [9.17, 15) is 14.4 Å². The molecular formula is C58H102O6. The lowest BCUT2D eigenvalue weighted by atomic mass is 10.0. The van der Waals surface area contributed by atoms with Crippen LogP contribution in [0.4, 0.5) is 0 Å². The molecular weight excluding hydrogens is 793 g/mol. The minimum Gasteiger partial charge on any atom is -0.462 e. The number of allylic oxidation sites excluding steroid dienone is 10. The van der Waals surface area contributed by atoms with Crippen molar-refractivity contribution in [3.8, 4) is 0 Å². The molecule has 0 saturated carbocycles. The van der Waals surface area contributed by atoms with E-state index in [1.54, 1.807) is 0 Å². The van der Waals surface area contributed by atoms with Gasteiger partial charge in [0.2, 0.25) is 0 Å². The largest absolute Gasteiger partial charge is 0.462 e. The molecule has 0 rings (SSSR count). The molecule has 6 nitrogen and oxygen atoms in total. The van der Waals surface area contributed by atoms with Crippen LogP contribution in [-0.4, -0.2) is 37.2 Å². The van der Waals surface area contributed by atoms with Crippen LogP contribution in [0.15, 0.2) is 60.8 Å². The van der Waals surface area contributed by atoms with Crippen LogP contribution in [0.5, 0.6) is 0 Å². The number of ether oxygens (including phenoxy) is 3. The highest BCUT2D eigenvalue weighted by Gasteiger charge is 2.19. The van der Waals surface area contributed by atoms with Crippen LogP contribution < -0.4 is 0 Å². The highest BCUT2D eigenvalue weighted by molar-refractivity contribution is 5.71. The first-order valence-electron chi connectivity index (χ1n) is 27.3. The maximum absolute atomic E-state index is 12.7. The van der Waals surface area contributed by atoms with Gasteiger partial charge in [0.15, 0.2) is 6.10 Å². The zero-order chi connectivity index (χ0) is 46.5. The maximum Gasteiger partial charge on any atom is 0.306 e. The predicted molar refractivity (Wildman–Crippen MR) is 275 cm³/mol. The first kappa shape index (κ1) is 61.1. The summed E-state index contributed by atoms with van der Waals surface area (Å²) in [5.74, 6) is -0.885. The van der Waals surface area contributed by atoms with Crippen LogP contribution in [0, 0.1) is 0 Å². The second-order valence-corrected chi connectivity index (χ2v) is 18.1. The Morgan fingerprint density at radius 3 is 0.953 bits per heavy atom. The van der Waals surface area contributed by atoms with Crippen LogP contribution >= 0.6 is 0 Å². The average Bonchev–Trinajstić information content (AvgIpc) is 3.29. The van der Waals surface area contributed by atoms with Crippen LogP contribution in [0.3, 0.4) is 0 Å². The minimum absolute atomic E-state index is 0.0743. The SMILES string of the molecule is CC/C=C\C/C=C\C/C=C\C/C=C\C/C=C\CCCCCCCCCCCC(=O)OCC(COC(=O)CCCCCCC)OC(=O)CCCCCCCCCCCCCCCCCC. The van der Waals surface area contributed by atoms with Crippen LogP contribution in [0.25, 0.3) is 0 Å². The Morgan fingerprint density at radius 2 is 0.609 bits per heavy atom. The van der Waals surface area contributed by atoms with Crippen molar-refractivity contribution in [3.05, 3.63) is 60.8 Å². The Morgan fingerprint density at radius 1 is 0.328 bits per heavy atom. The second-order valence-electron chi connectivity index (χ2n) is 18.1. The van der Waals surface area contributed by atoms with Crippen molar-refractivity contribution < 1.29 is 28.6 Å². The topological polar surface area (TPSA) is 78.9 Å². The second kappa shape index (κ2) is 52.7. The molecule has 64 heavy (non-hydrogen) atoms. The molecule has 1 atom stereocenters. The average molecular weight is 895 g/mol. The Balaban J connectivity index is 4.10. The van der Waals surface area contributed by atoms with E-state index in [2.05, 4.69) is 81.5 Å².